The van der Waals surface area contributed by atoms with Crippen molar-refractivity contribution in [1.29, 1.82) is 0 Å². The van der Waals surface area contributed by atoms with Crippen molar-refractivity contribution in [1.82, 2.24) is 4.98 Å². The van der Waals surface area contributed by atoms with Crippen LogP contribution in [0.25, 0.3) is 0 Å². The summed E-state index contributed by atoms with van der Waals surface area (Å²) in [5, 5.41) is 12.8. The number of amides is 1. The molecule has 2 N–H and O–H groups in total. The average Bonchev–Trinajstić information content (AvgIpc) is 2.45. The van der Waals surface area contributed by atoms with E-state index in [0.29, 0.717) is 10.0 Å². The molecule has 21 heavy (non-hydrogen) atoms. The zero-order chi connectivity index (χ0) is 15.4. The molecule has 0 aliphatic carbocycles. The summed E-state index contributed by atoms with van der Waals surface area (Å²) in [5.41, 5.74) is 0. The van der Waals surface area contributed by atoms with E-state index in [4.69, 9.17) is 23.2 Å². The molecule has 0 spiro atoms. The number of benzene rings is 1. The summed E-state index contributed by atoms with van der Waals surface area (Å²) in [6, 6.07) is 8.10. The second-order valence-electron chi connectivity index (χ2n) is 4.20. The smallest absolute Gasteiger partial charge is 0.238 e. The van der Waals surface area contributed by atoms with Gasteiger partial charge in [-0.15, -0.1) is 11.8 Å². The monoisotopic (exact) mass is 342 g/mol. The Morgan fingerprint density at radius 3 is 2.86 bits per heavy atom. The van der Waals surface area contributed by atoms with E-state index in [1.165, 1.54) is 24.0 Å². The Kier molecular flexibility index (Phi) is 5.33. The summed E-state index contributed by atoms with van der Waals surface area (Å²) < 4.78 is 0. The first-order valence-electron chi connectivity index (χ1n) is 6.04. The molecule has 0 aliphatic rings. The topological polar surface area (TPSA) is 62.2 Å². The van der Waals surface area contributed by atoms with Gasteiger partial charge in [0, 0.05) is 16.1 Å². The predicted octanol–water partition coefficient (Wildman–Crippen LogP) is 4.21. The summed E-state index contributed by atoms with van der Waals surface area (Å²) >= 11 is 13.3. The van der Waals surface area contributed by atoms with Crippen LogP contribution in [0.2, 0.25) is 10.0 Å². The molecule has 1 heterocycles. The standard InChI is InChI=1S/C14H12Cl2N2O2S/c1-8(21-12-7-9(15)4-5-10(12)16)14(20)18-13-11(19)3-2-6-17-13/h2-8,19H,1H3,(H,17,18,20). The SMILES string of the molecule is CC(Sc1cc(Cl)ccc1Cl)C(=O)Nc1ncccc1O. The van der Waals surface area contributed by atoms with Crippen LogP contribution in [-0.2, 0) is 4.79 Å². The highest BCUT2D eigenvalue weighted by Crippen LogP contribution is 2.33. The quantitative estimate of drug-likeness (QED) is 0.816. The number of halogens is 2. The van der Waals surface area contributed by atoms with E-state index in [-0.39, 0.29) is 17.5 Å². The number of nitrogens with one attached hydrogen (secondary N) is 1. The van der Waals surface area contributed by atoms with Gasteiger partial charge < -0.3 is 10.4 Å². The molecule has 2 rings (SSSR count). The maximum atomic E-state index is 12.1. The third-order valence-corrected chi connectivity index (χ3v) is 4.43. The molecule has 0 radical (unpaired) electrons. The largest absolute Gasteiger partial charge is 0.504 e. The summed E-state index contributed by atoms with van der Waals surface area (Å²) in [5.74, 6) is -0.235. The maximum Gasteiger partial charge on any atom is 0.238 e. The first-order chi connectivity index (χ1) is 9.97. The van der Waals surface area contributed by atoms with Gasteiger partial charge in [0.15, 0.2) is 11.6 Å². The Morgan fingerprint density at radius 1 is 1.38 bits per heavy atom. The highest BCUT2D eigenvalue weighted by atomic mass is 35.5. The van der Waals surface area contributed by atoms with E-state index in [9.17, 15) is 9.90 Å². The molecule has 1 atom stereocenters. The van der Waals surface area contributed by atoms with Gasteiger partial charge in [0.05, 0.1) is 10.3 Å². The molecule has 1 aromatic carbocycles. The molecular formula is C14H12Cl2N2O2S. The van der Waals surface area contributed by atoms with E-state index < -0.39 is 5.25 Å². The predicted molar refractivity (Wildman–Crippen MR) is 86.3 cm³/mol. The Morgan fingerprint density at radius 2 is 2.14 bits per heavy atom. The number of thioether (sulfide) groups is 1. The van der Waals surface area contributed by atoms with Crippen molar-refractivity contribution in [2.45, 2.75) is 17.1 Å². The number of carbonyl (C=O) groups is 1. The Balaban J connectivity index is 2.06. The molecule has 2 aromatic rings. The summed E-state index contributed by atoms with van der Waals surface area (Å²) in [4.78, 5) is 16.7. The normalized spacial score (nSPS) is 12.0. The first kappa shape index (κ1) is 15.9. The number of rotatable bonds is 4. The van der Waals surface area contributed by atoms with Gasteiger partial charge >= 0.3 is 0 Å². The molecule has 0 aliphatic heterocycles. The molecule has 0 fully saturated rings. The first-order valence-corrected chi connectivity index (χ1v) is 7.67. The minimum atomic E-state index is -0.428. The van der Waals surface area contributed by atoms with E-state index >= 15 is 0 Å². The van der Waals surface area contributed by atoms with E-state index in [1.807, 2.05) is 0 Å². The minimum Gasteiger partial charge on any atom is -0.504 e. The van der Waals surface area contributed by atoms with Gasteiger partial charge in [0.2, 0.25) is 5.91 Å². The van der Waals surface area contributed by atoms with Crippen LogP contribution in [-0.4, -0.2) is 21.2 Å². The summed E-state index contributed by atoms with van der Waals surface area (Å²) in [7, 11) is 0. The highest BCUT2D eigenvalue weighted by molar-refractivity contribution is 8.00. The number of hydrogen-bond donors (Lipinski definition) is 2. The van der Waals surface area contributed by atoms with Gasteiger partial charge in [-0.2, -0.15) is 0 Å². The van der Waals surface area contributed by atoms with E-state index in [0.717, 1.165) is 4.90 Å². The van der Waals surface area contributed by atoms with E-state index in [1.54, 1.807) is 31.2 Å². The van der Waals surface area contributed by atoms with Crippen molar-refractivity contribution in [3.63, 3.8) is 0 Å². The van der Waals surface area contributed by atoms with Crippen molar-refractivity contribution in [3.8, 4) is 5.75 Å². The second-order valence-corrected chi connectivity index (χ2v) is 6.42. The van der Waals surface area contributed by atoms with Crippen LogP contribution in [0.5, 0.6) is 5.75 Å². The van der Waals surface area contributed by atoms with Crippen molar-refractivity contribution in [3.05, 3.63) is 46.6 Å². The molecule has 1 aromatic heterocycles. The lowest BCUT2D eigenvalue weighted by Gasteiger charge is -2.13. The molecule has 1 unspecified atom stereocenters. The number of aromatic nitrogens is 1. The average molecular weight is 343 g/mol. The number of hydrogen-bond acceptors (Lipinski definition) is 4. The van der Waals surface area contributed by atoms with Crippen LogP contribution < -0.4 is 5.32 Å². The summed E-state index contributed by atoms with van der Waals surface area (Å²) in [6.45, 7) is 1.73. The lowest BCUT2D eigenvalue weighted by molar-refractivity contribution is -0.115. The van der Waals surface area contributed by atoms with Crippen LogP contribution in [0.1, 0.15) is 6.92 Å². The lowest BCUT2D eigenvalue weighted by Crippen LogP contribution is -2.23. The van der Waals surface area contributed by atoms with Crippen molar-refractivity contribution < 1.29 is 9.90 Å². The van der Waals surface area contributed by atoms with Crippen LogP contribution in [0.3, 0.4) is 0 Å². The Bertz CT molecular complexity index is 667. The van der Waals surface area contributed by atoms with Crippen LogP contribution in [0.4, 0.5) is 5.82 Å². The van der Waals surface area contributed by atoms with Crippen LogP contribution in [0, 0.1) is 0 Å². The van der Waals surface area contributed by atoms with Gasteiger partial charge in [-0.3, -0.25) is 4.79 Å². The molecule has 1 amide bonds. The van der Waals surface area contributed by atoms with Crippen molar-refractivity contribution >= 4 is 46.7 Å². The zero-order valence-electron chi connectivity index (χ0n) is 11.0. The molecule has 0 saturated carbocycles. The molecule has 4 nitrogen and oxygen atoms in total. The molecular weight excluding hydrogens is 331 g/mol. The van der Waals surface area contributed by atoms with Crippen LogP contribution >= 0.6 is 35.0 Å². The maximum absolute atomic E-state index is 12.1. The lowest BCUT2D eigenvalue weighted by atomic mass is 10.4. The van der Waals surface area contributed by atoms with Gasteiger partial charge in [0.25, 0.3) is 0 Å². The molecule has 0 bridgehead atoms. The number of anilines is 1. The van der Waals surface area contributed by atoms with Gasteiger partial charge in [-0.1, -0.05) is 23.2 Å². The minimum absolute atomic E-state index is 0.0798. The van der Waals surface area contributed by atoms with Crippen molar-refractivity contribution in [2.75, 3.05) is 5.32 Å². The number of nitrogens with zero attached hydrogens (tertiary/aromatic N) is 1. The van der Waals surface area contributed by atoms with Gasteiger partial charge in [-0.25, -0.2) is 4.98 Å². The van der Waals surface area contributed by atoms with Crippen molar-refractivity contribution in [2.24, 2.45) is 0 Å². The summed E-state index contributed by atoms with van der Waals surface area (Å²) in [6.07, 6.45) is 1.49. The Hall–Kier alpha value is -1.43. The van der Waals surface area contributed by atoms with Crippen LogP contribution in [0.15, 0.2) is 41.4 Å². The van der Waals surface area contributed by atoms with E-state index in [2.05, 4.69) is 10.3 Å². The highest BCUT2D eigenvalue weighted by Gasteiger charge is 2.18. The molecule has 7 heteroatoms. The number of pyridine rings is 1. The molecule has 110 valence electrons. The fraction of sp³-hybridized carbons (Fsp3) is 0.143. The number of carbonyl (C=O) groups excluding carboxylic acids is 1. The van der Waals surface area contributed by atoms with Gasteiger partial charge in [0.1, 0.15) is 0 Å². The Labute approximate surface area is 136 Å². The zero-order valence-corrected chi connectivity index (χ0v) is 13.3. The third-order valence-electron chi connectivity index (χ3n) is 2.59. The van der Waals surface area contributed by atoms with Gasteiger partial charge in [-0.05, 0) is 37.3 Å². The second kappa shape index (κ2) is 7.02. The molecule has 0 saturated heterocycles. The fourth-order valence-corrected chi connectivity index (χ4v) is 2.93. The third kappa shape index (κ3) is 4.27. The number of aromatic hydroxyl groups is 1. The fourth-order valence-electron chi connectivity index (χ4n) is 1.52.